The summed E-state index contributed by atoms with van der Waals surface area (Å²) in [5.41, 5.74) is 4.22. The highest BCUT2D eigenvalue weighted by atomic mass is 16.8. The van der Waals surface area contributed by atoms with Crippen LogP contribution in [0.15, 0.2) is 152 Å². The van der Waals surface area contributed by atoms with Crippen LogP contribution in [0.5, 0.6) is 0 Å². The van der Waals surface area contributed by atoms with E-state index in [1.807, 2.05) is 141 Å². The number of ether oxygens (including phenoxy) is 11. The highest BCUT2D eigenvalue weighted by Gasteiger charge is 2.58. The van der Waals surface area contributed by atoms with E-state index in [1.165, 1.54) is 0 Å². The molecule has 0 radical (unpaired) electrons. The highest BCUT2D eigenvalue weighted by Crippen LogP contribution is 2.41. The third kappa shape index (κ3) is 11.9. The largest absolute Gasteiger partial charge is 0.453 e. The van der Waals surface area contributed by atoms with Crippen LogP contribution in [0, 0.1) is 0 Å². The zero-order valence-corrected chi connectivity index (χ0v) is 35.8. The molecule has 3 saturated heterocycles. The van der Waals surface area contributed by atoms with Gasteiger partial charge in [-0.3, -0.25) is 0 Å². The summed E-state index contributed by atoms with van der Waals surface area (Å²) in [6, 6.07) is 48.2. The van der Waals surface area contributed by atoms with Crippen molar-refractivity contribution in [2.75, 3.05) is 20.3 Å². The summed E-state index contributed by atoms with van der Waals surface area (Å²) in [7, 11) is 1.57. The van der Waals surface area contributed by atoms with Crippen molar-refractivity contribution < 1.29 is 56.9 Å². The molecule has 0 unspecified atom stereocenters. The minimum absolute atomic E-state index is 0.0298. The van der Waals surface area contributed by atoms with Crippen LogP contribution in [0.25, 0.3) is 0 Å². The van der Waals surface area contributed by atoms with E-state index in [0.717, 1.165) is 22.3 Å². The SMILES string of the molecule is CO[C@@H]1O[C@H](COCc2ccccc2)[C@H]2O[C@@H]3O[C@H](COCc4ccccc4)[C@@H](OC(=O)c4ccccc4)[C@H](OCc4ccccc4)[C@H]3OC(C)(C)O[C@@H]2[C@H]1OCc1ccccc1. The maximum Gasteiger partial charge on any atom is 0.338 e. The van der Waals surface area contributed by atoms with Crippen LogP contribution >= 0.6 is 0 Å². The summed E-state index contributed by atoms with van der Waals surface area (Å²) >= 11 is 0. The number of rotatable bonds is 17. The third-order valence-corrected chi connectivity index (χ3v) is 11.2. The number of hydrogen-bond donors (Lipinski definition) is 0. The quantitative estimate of drug-likeness (QED) is 0.0849. The Morgan fingerprint density at radius 3 is 1.49 bits per heavy atom. The van der Waals surface area contributed by atoms with E-state index in [0.29, 0.717) is 18.8 Å². The summed E-state index contributed by atoms with van der Waals surface area (Å²) in [5.74, 6) is -1.86. The van der Waals surface area contributed by atoms with Crippen molar-refractivity contribution in [3.05, 3.63) is 179 Å². The number of esters is 1. The first-order valence-corrected chi connectivity index (χ1v) is 21.5. The molecule has 5 aromatic rings. The molecule has 10 atom stereocenters. The van der Waals surface area contributed by atoms with Crippen LogP contribution < -0.4 is 0 Å². The van der Waals surface area contributed by atoms with Crippen LogP contribution in [-0.4, -0.2) is 93.5 Å². The zero-order chi connectivity index (χ0) is 43.4. The lowest BCUT2D eigenvalue weighted by atomic mass is 9.94. The molecule has 332 valence electrons. The van der Waals surface area contributed by atoms with Gasteiger partial charge in [-0.2, -0.15) is 0 Å². The van der Waals surface area contributed by atoms with Gasteiger partial charge < -0.3 is 52.1 Å². The molecule has 0 aromatic heterocycles. The van der Waals surface area contributed by atoms with E-state index in [2.05, 4.69) is 0 Å². The number of carbonyl (C=O) groups excluding carboxylic acids is 1. The fourth-order valence-corrected chi connectivity index (χ4v) is 8.13. The Morgan fingerprint density at radius 2 is 0.968 bits per heavy atom. The van der Waals surface area contributed by atoms with Crippen LogP contribution in [0.4, 0.5) is 0 Å². The highest BCUT2D eigenvalue weighted by molar-refractivity contribution is 5.89. The average molecular weight is 861 g/mol. The van der Waals surface area contributed by atoms with Crippen LogP contribution in [-0.2, 0) is 78.5 Å². The normalized spacial score (nSPS) is 27.9. The van der Waals surface area contributed by atoms with Gasteiger partial charge in [-0.1, -0.05) is 140 Å². The predicted molar refractivity (Wildman–Crippen MR) is 231 cm³/mol. The molecule has 0 bridgehead atoms. The minimum Gasteiger partial charge on any atom is -0.453 e. The molecule has 0 amide bonds. The molecule has 3 heterocycles. The number of fused-ring (bicyclic) bond motifs is 2. The molecule has 5 aromatic carbocycles. The van der Waals surface area contributed by atoms with Crippen molar-refractivity contribution in [3.63, 3.8) is 0 Å². The van der Waals surface area contributed by atoms with E-state index in [4.69, 9.17) is 52.1 Å². The molecule has 12 nitrogen and oxygen atoms in total. The van der Waals surface area contributed by atoms with Gasteiger partial charge in [0.1, 0.15) is 42.7 Å². The fraction of sp³-hybridized carbons (Fsp3) is 0.392. The smallest absolute Gasteiger partial charge is 0.338 e. The first kappa shape index (κ1) is 44.8. The Hall–Kier alpha value is -4.83. The Balaban J connectivity index is 1.14. The summed E-state index contributed by atoms with van der Waals surface area (Å²) in [4.78, 5) is 13.9. The molecule has 8 rings (SSSR count). The van der Waals surface area contributed by atoms with Gasteiger partial charge in [-0.15, -0.1) is 0 Å². The first-order chi connectivity index (χ1) is 30.8. The van der Waals surface area contributed by atoms with Crippen molar-refractivity contribution in [1.82, 2.24) is 0 Å². The van der Waals surface area contributed by atoms with Crippen LogP contribution in [0.3, 0.4) is 0 Å². The Morgan fingerprint density at radius 1 is 0.508 bits per heavy atom. The van der Waals surface area contributed by atoms with Gasteiger partial charge in [0, 0.05) is 7.11 Å². The number of benzene rings is 5. The molecule has 0 aliphatic carbocycles. The van der Waals surface area contributed by atoms with E-state index in [9.17, 15) is 4.79 Å². The van der Waals surface area contributed by atoms with Gasteiger partial charge in [-0.05, 0) is 48.2 Å². The second-order valence-electron chi connectivity index (χ2n) is 16.2. The average Bonchev–Trinajstić information content (AvgIpc) is 3.31. The monoisotopic (exact) mass is 860 g/mol. The number of methoxy groups -OCH3 is 1. The van der Waals surface area contributed by atoms with Crippen molar-refractivity contribution in [2.24, 2.45) is 0 Å². The minimum atomic E-state index is -1.31. The van der Waals surface area contributed by atoms with Crippen LogP contribution in [0.1, 0.15) is 46.5 Å². The first-order valence-electron chi connectivity index (χ1n) is 21.5. The molecule has 0 N–H and O–H groups in total. The van der Waals surface area contributed by atoms with Gasteiger partial charge in [0.25, 0.3) is 0 Å². The molecule has 0 saturated carbocycles. The van der Waals surface area contributed by atoms with Gasteiger partial charge in [-0.25, -0.2) is 4.79 Å². The maximum atomic E-state index is 13.9. The predicted octanol–water partition coefficient (Wildman–Crippen LogP) is 7.82. The van der Waals surface area contributed by atoms with E-state index >= 15 is 0 Å². The van der Waals surface area contributed by atoms with Crippen molar-refractivity contribution in [1.29, 1.82) is 0 Å². The third-order valence-electron chi connectivity index (χ3n) is 11.2. The zero-order valence-electron chi connectivity index (χ0n) is 35.8. The second kappa shape index (κ2) is 21.7. The summed E-state index contributed by atoms with van der Waals surface area (Å²) in [5, 5.41) is 0. The summed E-state index contributed by atoms with van der Waals surface area (Å²) in [6.45, 7) is 4.87. The molecule has 3 aliphatic heterocycles. The number of hydrogen-bond acceptors (Lipinski definition) is 12. The molecule has 12 heteroatoms. The fourth-order valence-electron chi connectivity index (χ4n) is 8.13. The van der Waals surface area contributed by atoms with E-state index < -0.39 is 73.2 Å². The number of carbonyl (C=O) groups is 1. The topological polar surface area (TPSA) is 119 Å². The van der Waals surface area contributed by atoms with E-state index in [-0.39, 0.29) is 26.4 Å². The summed E-state index contributed by atoms with van der Waals surface area (Å²) in [6.07, 6.45) is -8.91. The van der Waals surface area contributed by atoms with Crippen molar-refractivity contribution in [2.45, 2.75) is 107 Å². The van der Waals surface area contributed by atoms with Crippen molar-refractivity contribution >= 4 is 5.97 Å². The Labute approximate surface area is 369 Å². The summed E-state index contributed by atoms with van der Waals surface area (Å²) < 4.78 is 73.1. The molecule has 3 fully saturated rings. The van der Waals surface area contributed by atoms with Gasteiger partial charge in [0.2, 0.25) is 0 Å². The van der Waals surface area contributed by atoms with E-state index in [1.54, 1.807) is 31.4 Å². The standard InChI is InChI=1S/C51H56O12/c1-51(2)62-45-43(41(34-55-30-36-21-11-5-12-22-36)58-49(53-3)46(45)57-32-38-25-15-7-16-26-38)61-50-47(63-51)44(56-31-37-23-13-6-14-24-37)42(60-48(52)39-27-17-8-18-28-39)40(59-50)33-54-29-35-19-9-4-10-20-35/h4-28,40-47,49-50H,29-34H2,1-3H3/t40-,41-,42-,43-,44+,45+,46-,47-,49-,50+/m1/s1. The molecular formula is C51H56O12. The Kier molecular flexibility index (Phi) is 15.4. The lowest BCUT2D eigenvalue weighted by Gasteiger charge is -2.54. The molecular weight excluding hydrogens is 805 g/mol. The van der Waals surface area contributed by atoms with Crippen LogP contribution in [0.2, 0.25) is 0 Å². The lowest BCUT2D eigenvalue weighted by Crippen LogP contribution is -2.70. The lowest BCUT2D eigenvalue weighted by molar-refractivity contribution is -0.431. The molecule has 63 heavy (non-hydrogen) atoms. The van der Waals surface area contributed by atoms with Gasteiger partial charge >= 0.3 is 5.97 Å². The van der Waals surface area contributed by atoms with Gasteiger partial charge in [0.15, 0.2) is 24.5 Å². The second-order valence-corrected chi connectivity index (χ2v) is 16.2. The van der Waals surface area contributed by atoms with Crippen molar-refractivity contribution in [3.8, 4) is 0 Å². The molecule has 3 aliphatic rings. The Bertz CT molecular complexity index is 2110. The molecule has 0 spiro atoms. The maximum absolute atomic E-state index is 13.9. The van der Waals surface area contributed by atoms with Gasteiger partial charge in [0.05, 0.1) is 45.2 Å².